The van der Waals surface area contributed by atoms with Crippen LogP contribution in [0.4, 0.5) is 0 Å². The molecule has 0 saturated carbocycles. The third kappa shape index (κ3) is 3.51. The van der Waals surface area contributed by atoms with Crippen LogP contribution in [0.25, 0.3) is 0 Å². The number of carboxylic acid groups (broad SMARTS) is 1. The highest BCUT2D eigenvalue weighted by molar-refractivity contribution is 7.99. The lowest BCUT2D eigenvalue weighted by molar-refractivity contribution is -0.136. The summed E-state index contributed by atoms with van der Waals surface area (Å²) in [7, 11) is 0. The van der Waals surface area contributed by atoms with Crippen molar-refractivity contribution in [2.45, 2.75) is 17.9 Å². The van der Waals surface area contributed by atoms with Crippen LogP contribution < -0.4 is 0 Å². The van der Waals surface area contributed by atoms with Crippen LogP contribution in [0.5, 0.6) is 0 Å². The Hall–Kier alpha value is -0.960. The fourth-order valence-electron chi connectivity index (χ4n) is 0.867. The van der Waals surface area contributed by atoms with Gasteiger partial charge in [0.25, 0.3) is 0 Å². The van der Waals surface area contributed by atoms with E-state index in [0.29, 0.717) is 0 Å². The van der Waals surface area contributed by atoms with Crippen LogP contribution >= 0.6 is 11.8 Å². The molecule has 0 aliphatic carbocycles. The summed E-state index contributed by atoms with van der Waals surface area (Å²) in [6.07, 6.45) is 0. The molecule has 0 spiro atoms. The van der Waals surface area contributed by atoms with E-state index in [9.17, 15) is 4.79 Å². The number of benzene rings is 1. The largest absolute Gasteiger partial charge is 0.480 e. The maximum Gasteiger partial charge on any atom is 0.316 e. The molecule has 0 aliphatic rings. The van der Waals surface area contributed by atoms with Gasteiger partial charge in [0.05, 0.1) is 5.25 Å². The van der Waals surface area contributed by atoms with Gasteiger partial charge in [-0.1, -0.05) is 30.3 Å². The van der Waals surface area contributed by atoms with Crippen LogP contribution in [-0.2, 0) is 10.5 Å². The molecule has 1 aromatic carbocycles. The molecular weight excluding hydrogens is 184 g/mol. The average molecular weight is 196 g/mol. The molecule has 0 radical (unpaired) electrons. The van der Waals surface area contributed by atoms with Crippen LogP contribution in [0.15, 0.2) is 30.3 Å². The van der Waals surface area contributed by atoms with Crippen molar-refractivity contribution in [3.05, 3.63) is 35.9 Å². The Bertz CT molecular complexity index is 272. The van der Waals surface area contributed by atoms with Crippen molar-refractivity contribution in [3.8, 4) is 0 Å². The van der Waals surface area contributed by atoms with E-state index in [0.717, 1.165) is 5.75 Å². The Morgan fingerprint density at radius 2 is 2.08 bits per heavy atom. The molecule has 2 nitrogen and oxygen atoms in total. The van der Waals surface area contributed by atoms with Crippen LogP contribution in [0.2, 0.25) is 0 Å². The molecule has 0 bridgehead atoms. The minimum atomic E-state index is -0.749. The third-order valence-corrected chi connectivity index (χ3v) is 2.89. The summed E-state index contributed by atoms with van der Waals surface area (Å²) in [6.45, 7) is 1.70. The topological polar surface area (TPSA) is 37.3 Å². The van der Waals surface area contributed by atoms with Gasteiger partial charge in [-0.05, 0) is 12.5 Å². The lowest BCUT2D eigenvalue weighted by atomic mass is 10.2. The molecule has 3 heteroatoms. The Morgan fingerprint density at radius 3 is 2.62 bits per heavy atom. The predicted molar refractivity (Wildman–Crippen MR) is 54.8 cm³/mol. The molecule has 1 rings (SSSR count). The second-order valence-electron chi connectivity index (χ2n) is 2.78. The summed E-state index contributed by atoms with van der Waals surface area (Å²) in [6, 6.07) is 9.88. The standard InChI is InChI=1S/C10H12O2S/c1-8(10(11)12)13-7-9-5-3-2-4-6-9/h2-6,8H,7H2,1H3,(H,11,12). The Morgan fingerprint density at radius 1 is 1.46 bits per heavy atom. The van der Waals surface area contributed by atoms with Crippen molar-refractivity contribution >= 4 is 17.7 Å². The van der Waals surface area contributed by atoms with Crippen LogP contribution in [0.3, 0.4) is 0 Å². The van der Waals surface area contributed by atoms with Crippen molar-refractivity contribution in [1.29, 1.82) is 0 Å². The molecule has 0 saturated heterocycles. The zero-order chi connectivity index (χ0) is 9.68. The second kappa shape index (κ2) is 4.92. The highest BCUT2D eigenvalue weighted by Crippen LogP contribution is 2.17. The first-order chi connectivity index (χ1) is 6.20. The Labute approximate surface area is 82.0 Å². The fourth-order valence-corrected chi connectivity index (χ4v) is 1.64. The van der Waals surface area contributed by atoms with Gasteiger partial charge < -0.3 is 5.11 Å². The number of carboxylic acids is 1. The van der Waals surface area contributed by atoms with Crippen LogP contribution in [0, 0.1) is 0 Å². The van der Waals surface area contributed by atoms with E-state index in [-0.39, 0.29) is 5.25 Å². The molecule has 0 fully saturated rings. The summed E-state index contributed by atoms with van der Waals surface area (Å²) in [4.78, 5) is 10.5. The van der Waals surface area contributed by atoms with Crippen LogP contribution in [0.1, 0.15) is 12.5 Å². The van der Waals surface area contributed by atoms with Gasteiger partial charge in [0.15, 0.2) is 0 Å². The highest BCUT2D eigenvalue weighted by atomic mass is 32.2. The zero-order valence-corrected chi connectivity index (χ0v) is 8.25. The zero-order valence-electron chi connectivity index (χ0n) is 7.43. The Kier molecular flexibility index (Phi) is 3.83. The number of carbonyl (C=O) groups is 1. The summed E-state index contributed by atoms with van der Waals surface area (Å²) >= 11 is 1.44. The van der Waals surface area contributed by atoms with Crippen molar-refractivity contribution in [1.82, 2.24) is 0 Å². The summed E-state index contributed by atoms with van der Waals surface area (Å²) in [5.74, 6) is 0.00910. The van der Waals surface area contributed by atoms with E-state index >= 15 is 0 Å². The fraction of sp³-hybridized carbons (Fsp3) is 0.300. The monoisotopic (exact) mass is 196 g/mol. The predicted octanol–water partition coefficient (Wildman–Crippen LogP) is 2.39. The van der Waals surface area contributed by atoms with Gasteiger partial charge in [-0.15, -0.1) is 11.8 Å². The van der Waals surface area contributed by atoms with Gasteiger partial charge in [-0.25, -0.2) is 0 Å². The molecule has 13 heavy (non-hydrogen) atoms. The molecule has 70 valence electrons. The Balaban J connectivity index is 2.39. The van der Waals surface area contributed by atoms with E-state index in [1.165, 1.54) is 17.3 Å². The minimum absolute atomic E-state index is 0.333. The third-order valence-electron chi connectivity index (χ3n) is 1.69. The molecule has 0 amide bonds. The summed E-state index contributed by atoms with van der Waals surface area (Å²) in [5.41, 5.74) is 1.17. The lowest BCUT2D eigenvalue weighted by Gasteiger charge is -2.05. The first kappa shape index (κ1) is 10.1. The van der Waals surface area contributed by atoms with Crippen LogP contribution in [-0.4, -0.2) is 16.3 Å². The highest BCUT2D eigenvalue weighted by Gasteiger charge is 2.10. The smallest absolute Gasteiger partial charge is 0.316 e. The van der Waals surface area contributed by atoms with Crippen molar-refractivity contribution in [2.75, 3.05) is 0 Å². The number of rotatable bonds is 4. The molecule has 0 heterocycles. The number of hydrogen-bond acceptors (Lipinski definition) is 2. The van der Waals surface area contributed by atoms with E-state index < -0.39 is 5.97 Å². The first-order valence-corrected chi connectivity index (χ1v) is 5.13. The number of aliphatic carboxylic acids is 1. The number of hydrogen-bond donors (Lipinski definition) is 1. The first-order valence-electron chi connectivity index (χ1n) is 4.08. The van der Waals surface area contributed by atoms with E-state index in [1.807, 2.05) is 30.3 Å². The molecule has 0 aliphatic heterocycles. The molecule has 1 N–H and O–H groups in total. The molecule has 1 unspecified atom stereocenters. The molecule has 1 atom stereocenters. The summed E-state index contributed by atoms with van der Waals surface area (Å²) in [5, 5.41) is 8.31. The molecule has 1 aromatic rings. The normalized spacial score (nSPS) is 12.4. The van der Waals surface area contributed by atoms with Crippen molar-refractivity contribution in [2.24, 2.45) is 0 Å². The SMILES string of the molecule is CC(SCc1ccccc1)C(=O)O. The van der Waals surface area contributed by atoms with Gasteiger partial charge in [-0.2, -0.15) is 0 Å². The van der Waals surface area contributed by atoms with Gasteiger partial charge >= 0.3 is 5.97 Å². The summed E-state index contributed by atoms with van der Waals surface area (Å²) < 4.78 is 0. The number of thioether (sulfide) groups is 1. The molecule has 0 aromatic heterocycles. The minimum Gasteiger partial charge on any atom is -0.480 e. The maximum absolute atomic E-state index is 10.5. The van der Waals surface area contributed by atoms with E-state index in [1.54, 1.807) is 6.92 Å². The second-order valence-corrected chi connectivity index (χ2v) is 4.11. The lowest BCUT2D eigenvalue weighted by Crippen LogP contribution is -2.11. The average Bonchev–Trinajstić information content (AvgIpc) is 2.15. The quantitative estimate of drug-likeness (QED) is 0.803. The van der Waals surface area contributed by atoms with Gasteiger partial charge in [-0.3, -0.25) is 4.79 Å². The van der Waals surface area contributed by atoms with Crippen molar-refractivity contribution in [3.63, 3.8) is 0 Å². The maximum atomic E-state index is 10.5. The van der Waals surface area contributed by atoms with Crippen molar-refractivity contribution < 1.29 is 9.90 Å². The molecular formula is C10H12O2S. The van der Waals surface area contributed by atoms with Gasteiger partial charge in [0, 0.05) is 5.75 Å². The van der Waals surface area contributed by atoms with E-state index in [2.05, 4.69) is 0 Å². The van der Waals surface area contributed by atoms with Gasteiger partial charge in [0.1, 0.15) is 0 Å². The van der Waals surface area contributed by atoms with E-state index in [4.69, 9.17) is 5.11 Å². The van der Waals surface area contributed by atoms with Gasteiger partial charge in [0.2, 0.25) is 0 Å².